The number of anilines is 1. The van der Waals surface area contributed by atoms with Crippen molar-refractivity contribution in [1.82, 2.24) is 5.32 Å². The third-order valence-electron chi connectivity index (χ3n) is 7.72. The lowest BCUT2D eigenvalue weighted by atomic mass is 9.49. The highest BCUT2D eigenvalue weighted by atomic mass is 16.5. The lowest BCUT2D eigenvalue weighted by Crippen LogP contribution is -2.48. The van der Waals surface area contributed by atoms with E-state index in [1.807, 2.05) is 26.0 Å². The molecular formula is C25H34N2O4. The molecule has 1 aromatic rings. The Labute approximate surface area is 184 Å². The maximum Gasteiger partial charge on any atom is 0.243 e. The first kappa shape index (κ1) is 20.7. The molecule has 0 radical (unpaired) electrons. The van der Waals surface area contributed by atoms with Gasteiger partial charge in [-0.2, -0.15) is 0 Å². The van der Waals surface area contributed by atoms with Crippen molar-refractivity contribution in [2.75, 3.05) is 18.5 Å². The maximum atomic E-state index is 12.7. The Morgan fingerprint density at radius 2 is 1.77 bits per heavy atom. The van der Waals surface area contributed by atoms with Gasteiger partial charge in [-0.1, -0.05) is 0 Å². The van der Waals surface area contributed by atoms with Gasteiger partial charge in [-0.25, -0.2) is 0 Å². The summed E-state index contributed by atoms with van der Waals surface area (Å²) in [6.07, 6.45) is 9.23. The minimum Gasteiger partial charge on any atom is -0.492 e. The topological polar surface area (TPSA) is 76.7 Å². The first-order valence-corrected chi connectivity index (χ1v) is 11.9. The average molecular weight is 427 g/mol. The SMILES string of the molecule is CCOc1cc2c(cc1NC(=O)CNC(=O)CC13CC4CC(CC(C4)C1)C3)O[C@H](C)C2. The second kappa shape index (κ2) is 8.03. The van der Waals surface area contributed by atoms with E-state index in [2.05, 4.69) is 10.6 Å². The summed E-state index contributed by atoms with van der Waals surface area (Å²) < 4.78 is 11.5. The van der Waals surface area contributed by atoms with Gasteiger partial charge < -0.3 is 20.1 Å². The lowest BCUT2D eigenvalue weighted by molar-refractivity contribution is -0.131. The molecule has 1 heterocycles. The fourth-order valence-corrected chi connectivity index (χ4v) is 7.09. The highest BCUT2D eigenvalue weighted by molar-refractivity contribution is 5.96. The summed E-state index contributed by atoms with van der Waals surface area (Å²) >= 11 is 0. The molecule has 1 aliphatic heterocycles. The van der Waals surface area contributed by atoms with E-state index in [1.165, 1.54) is 38.5 Å². The molecule has 4 fully saturated rings. The molecule has 1 atom stereocenters. The molecule has 6 rings (SSSR count). The van der Waals surface area contributed by atoms with E-state index in [9.17, 15) is 9.59 Å². The van der Waals surface area contributed by atoms with Crippen LogP contribution >= 0.6 is 0 Å². The van der Waals surface area contributed by atoms with Crippen LogP contribution in [0.15, 0.2) is 12.1 Å². The van der Waals surface area contributed by atoms with E-state index < -0.39 is 0 Å². The van der Waals surface area contributed by atoms with Crippen LogP contribution in [0, 0.1) is 23.2 Å². The molecule has 168 valence electrons. The van der Waals surface area contributed by atoms with Crippen LogP contribution in [0.4, 0.5) is 5.69 Å². The van der Waals surface area contributed by atoms with Crippen LogP contribution in [0.5, 0.6) is 11.5 Å². The summed E-state index contributed by atoms with van der Waals surface area (Å²) in [4.78, 5) is 25.3. The average Bonchev–Trinajstić information content (AvgIpc) is 3.04. The molecule has 5 aliphatic rings. The molecule has 31 heavy (non-hydrogen) atoms. The third-order valence-corrected chi connectivity index (χ3v) is 7.72. The van der Waals surface area contributed by atoms with Crippen molar-refractivity contribution in [3.8, 4) is 11.5 Å². The highest BCUT2D eigenvalue weighted by Crippen LogP contribution is 2.61. The Bertz CT molecular complexity index is 845. The normalized spacial score (nSPS) is 32.3. The van der Waals surface area contributed by atoms with Crippen molar-refractivity contribution in [1.29, 1.82) is 0 Å². The van der Waals surface area contributed by atoms with Gasteiger partial charge in [0.15, 0.2) is 0 Å². The van der Waals surface area contributed by atoms with Crippen molar-refractivity contribution < 1.29 is 19.1 Å². The number of carbonyl (C=O) groups excluding carboxylic acids is 2. The number of benzene rings is 1. The molecule has 6 nitrogen and oxygen atoms in total. The van der Waals surface area contributed by atoms with Crippen LogP contribution in [0.2, 0.25) is 0 Å². The van der Waals surface area contributed by atoms with Gasteiger partial charge in [0.25, 0.3) is 0 Å². The van der Waals surface area contributed by atoms with Crippen LogP contribution < -0.4 is 20.1 Å². The Morgan fingerprint density at radius 1 is 1.10 bits per heavy atom. The zero-order chi connectivity index (χ0) is 21.6. The summed E-state index contributed by atoms with van der Waals surface area (Å²) in [6, 6.07) is 3.78. The Kier molecular flexibility index (Phi) is 5.35. The molecule has 1 aromatic carbocycles. The number of nitrogens with one attached hydrogen (secondary N) is 2. The summed E-state index contributed by atoms with van der Waals surface area (Å²) in [5.41, 5.74) is 1.87. The molecule has 0 spiro atoms. The molecule has 4 bridgehead atoms. The largest absolute Gasteiger partial charge is 0.492 e. The van der Waals surface area contributed by atoms with Crippen LogP contribution in [0.3, 0.4) is 0 Å². The Hall–Kier alpha value is -2.24. The number of hydrogen-bond donors (Lipinski definition) is 2. The zero-order valence-corrected chi connectivity index (χ0v) is 18.7. The van der Waals surface area contributed by atoms with E-state index in [0.717, 1.165) is 35.5 Å². The van der Waals surface area contributed by atoms with Crippen molar-refractivity contribution in [2.24, 2.45) is 23.2 Å². The monoisotopic (exact) mass is 426 g/mol. The summed E-state index contributed by atoms with van der Waals surface area (Å²) in [6.45, 7) is 4.44. The summed E-state index contributed by atoms with van der Waals surface area (Å²) in [5.74, 6) is 3.67. The fraction of sp³-hybridized carbons (Fsp3) is 0.680. The number of amides is 2. The first-order chi connectivity index (χ1) is 14.9. The number of carbonyl (C=O) groups is 2. The first-order valence-electron chi connectivity index (χ1n) is 11.9. The van der Waals surface area contributed by atoms with Crippen LogP contribution in [-0.4, -0.2) is 31.1 Å². The quantitative estimate of drug-likeness (QED) is 0.689. The maximum absolute atomic E-state index is 12.7. The van der Waals surface area contributed by atoms with E-state index in [-0.39, 0.29) is 29.9 Å². The summed E-state index contributed by atoms with van der Waals surface area (Å²) in [7, 11) is 0. The predicted octanol–water partition coefficient (Wildman–Crippen LogP) is 4.07. The van der Waals surface area contributed by atoms with Gasteiger partial charge in [0.1, 0.15) is 17.6 Å². The van der Waals surface area contributed by atoms with Crippen LogP contribution in [0.25, 0.3) is 0 Å². The van der Waals surface area contributed by atoms with Gasteiger partial charge in [-0.15, -0.1) is 0 Å². The van der Waals surface area contributed by atoms with Gasteiger partial charge >= 0.3 is 0 Å². The van der Waals surface area contributed by atoms with Gasteiger partial charge in [0.05, 0.1) is 18.8 Å². The standard InChI is InChI=1S/C25H34N2O4/c1-3-30-22-8-19-4-15(2)31-21(19)9-20(22)27-24(29)14-26-23(28)13-25-10-16-5-17(11-25)7-18(6-16)12-25/h8-9,15-18H,3-7,10-14H2,1-2H3,(H,26,28)(H,27,29)/t15-,16?,17?,18?,25?/m1/s1. The van der Waals surface area contributed by atoms with Gasteiger partial charge in [-0.3, -0.25) is 9.59 Å². The summed E-state index contributed by atoms with van der Waals surface area (Å²) in [5, 5.41) is 5.76. The molecule has 4 saturated carbocycles. The van der Waals surface area contributed by atoms with Gasteiger partial charge in [-0.05, 0) is 81.6 Å². The smallest absolute Gasteiger partial charge is 0.243 e. The van der Waals surface area contributed by atoms with Gasteiger partial charge in [0.2, 0.25) is 11.8 Å². The van der Waals surface area contributed by atoms with Crippen molar-refractivity contribution in [3.63, 3.8) is 0 Å². The second-order valence-electron chi connectivity index (χ2n) is 10.4. The van der Waals surface area contributed by atoms with Gasteiger partial charge in [0, 0.05) is 24.5 Å². The van der Waals surface area contributed by atoms with Crippen molar-refractivity contribution >= 4 is 17.5 Å². The lowest BCUT2D eigenvalue weighted by Gasteiger charge is -2.56. The number of ether oxygens (including phenoxy) is 2. The van der Waals surface area contributed by atoms with Crippen molar-refractivity contribution in [3.05, 3.63) is 17.7 Å². The minimum atomic E-state index is -0.245. The predicted molar refractivity (Wildman–Crippen MR) is 118 cm³/mol. The molecule has 4 aliphatic carbocycles. The Balaban J connectivity index is 1.17. The molecule has 0 unspecified atom stereocenters. The molecule has 6 heteroatoms. The zero-order valence-electron chi connectivity index (χ0n) is 18.7. The fourth-order valence-electron chi connectivity index (χ4n) is 7.09. The Morgan fingerprint density at radius 3 is 2.42 bits per heavy atom. The number of hydrogen-bond acceptors (Lipinski definition) is 4. The highest BCUT2D eigenvalue weighted by Gasteiger charge is 2.51. The third kappa shape index (κ3) is 4.26. The number of rotatable bonds is 7. The molecule has 2 N–H and O–H groups in total. The van der Waals surface area contributed by atoms with E-state index in [0.29, 0.717) is 24.5 Å². The van der Waals surface area contributed by atoms with E-state index in [1.54, 1.807) is 0 Å². The van der Waals surface area contributed by atoms with E-state index >= 15 is 0 Å². The molecule has 0 aromatic heterocycles. The van der Waals surface area contributed by atoms with Crippen LogP contribution in [0.1, 0.15) is 64.4 Å². The molecular weight excluding hydrogens is 392 g/mol. The molecule has 2 amide bonds. The number of fused-ring (bicyclic) bond motifs is 1. The van der Waals surface area contributed by atoms with Crippen molar-refractivity contribution in [2.45, 2.75) is 71.3 Å². The minimum absolute atomic E-state index is 0.00763. The second-order valence-corrected chi connectivity index (χ2v) is 10.4. The van der Waals surface area contributed by atoms with E-state index in [4.69, 9.17) is 9.47 Å². The molecule has 0 saturated heterocycles. The van der Waals surface area contributed by atoms with Crippen LogP contribution in [-0.2, 0) is 16.0 Å².